The number of halogens is 1. The van der Waals surface area contributed by atoms with Crippen molar-refractivity contribution in [3.8, 4) is 28.4 Å². The number of anilines is 1. The van der Waals surface area contributed by atoms with Crippen LogP contribution in [-0.2, 0) is 0 Å². The molecule has 0 fully saturated rings. The summed E-state index contributed by atoms with van der Waals surface area (Å²) in [5, 5.41) is 5.54. The minimum absolute atomic E-state index is 0.318. The van der Waals surface area contributed by atoms with Gasteiger partial charge in [0.25, 0.3) is 0 Å². The van der Waals surface area contributed by atoms with E-state index in [0.717, 1.165) is 11.1 Å². The molecule has 154 valence electrons. The van der Waals surface area contributed by atoms with Crippen LogP contribution >= 0.6 is 0 Å². The van der Waals surface area contributed by atoms with Crippen LogP contribution in [0.25, 0.3) is 11.1 Å². The lowest BCUT2D eigenvalue weighted by molar-refractivity contribution is 0.248. The number of benzene rings is 3. The van der Waals surface area contributed by atoms with Crippen molar-refractivity contribution in [2.45, 2.75) is 6.04 Å². The van der Waals surface area contributed by atoms with Crippen molar-refractivity contribution in [2.75, 3.05) is 26.6 Å². The molecule has 0 aliphatic carbocycles. The lowest BCUT2D eigenvalue weighted by Crippen LogP contribution is -2.39. The molecule has 1 heterocycles. The zero-order valence-corrected chi connectivity index (χ0v) is 16.8. The molecule has 1 aliphatic heterocycles. The van der Waals surface area contributed by atoms with Gasteiger partial charge in [-0.1, -0.05) is 36.4 Å². The van der Waals surface area contributed by atoms with E-state index in [1.54, 1.807) is 18.2 Å². The second-order valence-electron chi connectivity index (χ2n) is 6.74. The molecule has 0 saturated heterocycles. The summed E-state index contributed by atoms with van der Waals surface area (Å²) in [7, 11) is 4.47. The maximum atomic E-state index is 15.0. The minimum Gasteiger partial charge on any atom is -0.493 e. The lowest BCUT2D eigenvalue weighted by Gasteiger charge is -2.31. The number of hydrogen-bond donors (Lipinski definition) is 2. The first-order chi connectivity index (χ1) is 14.6. The quantitative estimate of drug-likeness (QED) is 0.640. The number of rotatable bonds is 5. The summed E-state index contributed by atoms with van der Waals surface area (Å²) in [6.07, 6.45) is 0. The Morgan fingerprint density at radius 3 is 2.27 bits per heavy atom. The normalized spacial score (nSPS) is 14.9. The molecular weight excluding hydrogens is 387 g/mol. The SMILES string of the molecule is COc1cc2c(c(OC)c1OC)C(c1cc(-c3ccccc3)ccc1F)NC(=O)N2. The second-order valence-corrected chi connectivity index (χ2v) is 6.74. The van der Waals surface area contributed by atoms with Gasteiger partial charge in [0.15, 0.2) is 11.5 Å². The minimum atomic E-state index is -0.785. The van der Waals surface area contributed by atoms with Crippen LogP contribution in [0.4, 0.5) is 14.9 Å². The van der Waals surface area contributed by atoms with Crippen LogP contribution in [-0.4, -0.2) is 27.4 Å². The summed E-state index contributed by atoms with van der Waals surface area (Å²) in [5.74, 6) is 0.674. The van der Waals surface area contributed by atoms with E-state index >= 15 is 0 Å². The third kappa shape index (κ3) is 3.28. The van der Waals surface area contributed by atoms with Gasteiger partial charge in [-0.2, -0.15) is 0 Å². The van der Waals surface area contributed by atoms with Gasteiger partial charge in [0.1, 0.15) is 5.82 Å². The standard InChI is InChI=1S/C23H21FN2O4/c1-28-18-12-17-19(22(30-3)21(18)29-2)20(26-23(27)25-17)15-11-14(9-10-16(15)24)13-7-5-4-6-8-13/h4-12,20H,1-3H3,(H2,25,26,27). The van der Waals surface area contributed by atoms with Crippen molar-refractivity contribution in [3.63, 3.8) is 0 Å². The van der Waals surface area contributed by atoms with Crippen LogP contribution in [0.3, 0.4) is 0 Å². The monoisotopic (exact) mass is 408 g/mol. The van der Waals surface area contributed by atoms with Crippen LogP contribution < -0.4 is 24.8 Å². The van der Waals surface area contributed by atoms with Gasteiger partial charge in [0.05, 0.1) is 33.1 Å². The Balaban J connectivity index is 1.93. The summed E-state index contributed by atoms with van der Waals surface area (Å²) in [4.78, 5) is 12.4. The van der Waals surface area contributed by atoms with E-state index in [2.05, 4.69) is 10.6 Å². The predicted molar refractivity (Wildman–Crippen MR) is 112 cm³/mol. The van der Waals surface area contributed by atoms with E-state index in [0.29, 0.717) is 34.1 Å². The third-order valence-corrected chi connectivity index (χ3v) is 5.09. The first-order valence-corrected chi connectivity index (χ1v) is 9.32. The molecule has 3 aromatic carbocycles. The van der Waals surface area contributed by atoms with Gasteiger partial charge in [-0.3, -0.25) is 0 Å². The van der Waals surface area contributed by atoms with Crippen molar-refractivity contribution in [1.29, 1.82) is 0 Å². The number of urea groups is 1. The van der Waals surface area contributed by atoms with Crippen molar-refractivity contribution >= 4 is 11.7 Å². The summed E-state index contributed by atoms with van der Waals surface area (Å²) in [5.41, 5.74) is 3.11. The highest BCUT2D eigenvalue weighted by Crippen LogP contribution is 2.49. The fraction of sp³-hybridized carbons (Fsp3) is 0.174. The molecule has 6 nitrogen and oxygen atoms in total. The number of carbonyl (C=O) groups excluding carboxylic acids is 1. The Labute approximate surface area is 173 Å². The number of carbonyl (C=O) groups is 1. The van der Waals surface area contributed by atoms with Gasteiger partial charge in [-0.05, 0) is 23.3 Å². The Morgan fingerprint density at radius 1 is 0.867 bits per heavy atom. The molecule has 2 amide bonds. The number of methoxy groups -OCH3 is 3. The molecule has 2 N–H and O–H groups in total. The first kappa shape index (κ1) is 19.6. The highest BCUT2D eigenvalue weighted by molar-refractivity contribution is 5.95. The molecule has 0 bridgehead atoms. The molecule has 1 unspecified atom stereocenters. The lowest BCUT2D eigenvalue weighted by atomic mass is 9.91. The Bertz CT molecular complexity index is 1100. The summed E-state index contributed by atoms with van der Waals surface area (Å²) >= 11 is 0. The molecule has 0 spiro atoms. The molecule has 0 aromatic heterocycles. The van der Waals surface area contributed by atoms with Gasteiger partial charge >= 0.3 is 6.03 Å². The fourth-order valence-electron chi connectivity index (χ4n) is 3.74. The van der Waals surface area contributed by atoms with Crippen molar-refractivity contribution in [2.24, 2.45) is 0 Å². The van der Waals surface area contributed by atoms with Crippen LogP contribution in [0.15, 0.2) is 54.6 Å². The topological polar surface area (TPSA) is 68.8 Å². The van der Waals surface area contributed by atoms with Crippen LogP contribution in [0, 0.1) is 5.82 Å². The molecule has 30 heavy (non-hydrogen) atoms. The average molecular weight is 408 g/mol. The largest absolute Gasteiger partial charge is 0.493 e. The molecule has 1 aliphatic rings. The van der Waals surface area contributed by atoms with Gasteiger partial charge in [-0.15, -0.1) is 0 Å². The molecule has 3 aromatic rings. The van der Waals surface area contributed by atoms with E-state index < -0.39 is 17.9 Å². The van der Waals surface area contributed by atoms with E-state index in [1.807, 2.05) is 30.3 Å². The van der Waals surface area contributed by atoms with E-state index in [4.69, 9.17) is 14.2 Å². The highest BCUT2D eigenvalue weighted by atomic mass is 19.1. The zero-order valence-electron chi connectivity index (χ0n) is 16.8. The number of fused-ring (bicyclic) bond motifs is 1. The van der Waals surface area contributed by atoms with Gasteiger partial charge < -0.3 is 24.8 Å². The third-order valence-electron chi connectivity index (χ3n) is 5.09. The molecule has 0 radical (unpaired) electrons. The first-order valence-electron chi connectivity index (χ1n) is 9.32. The van der Waals surface area contributed by atoms with E-state index in [1.165, 1.54) is 27.4 Å². The van der Waals surface area contributed by atoms with Crippen LogP contribution in [0.2, 0.25) is 0 Å². The van der Waals surface area contributed by atoms with Gasteiger partial charge in [0.2, 0.25) is 5.75 Å². The Morgan fingerprint density at radius 2 is 1.60 bits per heavy atom. The average Bonchev–Trinajstić information content (AvgIpc) is 2.78. The maximum Gasteiger partial charge on any atom is 0.320 e. The van der Waals surface area contributed by atoms with E-state index in [9.17, 15) is 9.18 Å². The molecule has 7 heteroatoms. The highest BCUT2D eigenvalue weighted by Gasteiger charge is 2.34. The van der Waals surface area contributed by atoms with Crippen molar-refractivity contribution in [3.05, 3.63) is 71.5 Å². The Kier molecular flexibility index (Phi) is 5.18. The smallest absolute Gasteiger partial charge is 0.320 e. The summed E-state index contributed by atoms with van der Waals surface area (Å²) in [6, 6.07) is 14.9. The van der Waals surface area contributed by atoms with Crippen molar-refractivity contribution < 1.29 is 23.4 Å². The predicted octanol–water partition coefficient (Wildman–Crippen LogP) is 4.74. The zero-order chi connectivity index (χ0) is 21.3. The molecular formula is C23H21FN2O4. The van der Waals surface area contributed by atoms with Gasteiger partial charge in [-0.25, -0.2) is 9.18 Å². The second kappa shape index (κ2) is 7.94. The number of nitrogens with one attached hydrogen (secondary N) is 2. The summed E-state index contributed by atoms with van der Waals surface area (Å²) < 4.78 is 31.4. The number of hydrogen-bond acceptors (Lipinski definition) is 4. The molecule has 1 atom stereocenters. The molecule has 4 rings (SSSR count). The maximum absolute atomic E-state index is 15.0. The van der Waals surface area contributed by atoms with Crippen LogP contribution in [0.1, 0.15) is 17.2 Å². The number of ether oxygens (including phenoxy) is 3. The number of amides is 2. The van der Waals surface area contributed by atoms with Gasteiger partial charge in [0, 0.05) is 17.2 Å². The fourth-order valence-corrected chi connectivity index (χ4v) is 3.74. The van der Waals surface area contributed by atoms with Crippen LogP contribution in [0.5, 0.6) is 17.2 Å². The Hall–Kier alpha value is -3.74. The summed E-state index contributed by atoms with van der Waals surface area (Å²) in [6.45, 7) is 0. The molecule has 0 saturated carbocycles. The van der Waals surface area contributed by atoms with E-state index in [-0.39, 0.29) is 0 Å². The van der Waals surface area contributed by atoms with Crippen molar-refractivity contribution in [1.82, 2.24) is 5.32 Å².